The van der Waals surface area contributed by atoms with Crippen molar-refractivity contribution in [1.82, 2.24) is 5.32 Å². The molecule has 2 atom stereocenters. The predicted molar refractivity (Wildman–Crippen MR) is 89.7 cm³/mol. The number of ether oxygens (including phenoxy) is 1. The van der Waals surface area contributed by atoms with E-state index in [2.05, 4.69) is 0 Å². The number of aliphatic hydroxyl groups excluding tert-OH is 1. The van der Waals surface area contributed by atoms with Crippen molar-refractivity contribution >= 4 is 6.09 Å². The standard InChI is InChI=1S/C19H18F3NO3/c1-11(17(24)19(20,21)22)23-18(25)26-10-16-14-8-4-2-6-12(14)13-7-3-5-9-15(13)16/h2-9,11,16-17,24H,10H2,1H3,(H,23,25). The van der Waals surface area contributed by atoms with Gasteiger partial charge < -0.3 is 15.2 Å². The summed E-state index contributed by atoms with van der Waals surface area (Å²) in [5.74, 6) is -0.184. The van der Waals surface area contributed by atoms with Crippen LogP contribution in [0.3, 0.4) is 0 Å². The van der Waals surface area contributed by atoms with Crippen molar-refractivity contribution in [1.29, 1.82) is 0 Å². The Labute approximate surface area is 148 Å². The van der Waals surface area contributed by atoms with Gasteiger partial charge in [-0.15, -0.1) is 0 Å². The molecule has 3 rings (SSSR count). The molecule has 0 saturated carbocycles. The van der Waals surface area contributed by atoms with Crippen LogP contribution in [0.2, 0.25) is 0 Å². The molecule has 0 fully saturated rings. The normalized spacial score (nSPS) is 15.7. The average Bonchev–Trinajstić information content (AvgIpc) is 2.92. The first kappa shape index (κ1) is 18.3. The minimum Gasteiger partial charge on any atom is -0.449 e. The Morgan fingerprint density at radius 3 is 2.12 bits per heavy atom. The largest absolute Gasteiger partial charge is 0.449 e. The molecule has 2 aromatic rings. The van der Waals surface area contributed by atoms with Crippen molar-refractivity contribution < 1.29 is 27.8 Å². The minimum atomic E-state index is -4.81. The van der Waals surface area contributed by atoms with Crippen LogP contribution in [-0.4, -0.2) is 36.1 Å². The first-order valence-corrected chi connectivity index (χ1v) is 8.15. The highest BCUT2D eigenvalue weighted by atomic mass is 19.4. The summed E-state index contributed by atoms with van der Waals surface area (Å²) < 4.78 is 42.6. The molecule has 0 saturated heterocycles. The monoisotopic (exact) mass is 365 g/mol. The molecule has 0 heterocycles. The van der Waals surface area contributed by atoms with E-state index in [0.717, 1.165) is 29.2 Å². The first-order valence-electron chi connectivity index (χ1n) is 8.15. The van der Waals surface area contributed by atoms with Crippen LogP contribution in [0.25, 0.3) is 11.1 Å². The molecule has 0 aliphatic heterocycles. The molecule has 7 heteroatoms. The number of hydrogen-bond acceptors (Lipinski definition) is 3. The summed E-state index contributed by atoms with van der Waals surface area (Å²) in [6, 6.07) is 14.0. The van der Waals surface area contributed by atoms with Crippen molar-refractivity contribution in [3.63, 3.8) is 0 Å². The number of alkyl carbamates (subject to hydrolysis) is 1. The number of benzene rings is 2. The zero-order chi connectivity index (χ0) is 18.9. The van der Waals surface area contributed by atoms with Gasteiger partial charge in [-0.1, -0.05) is 48.5 Å². The van der Waals surface area contributed by atoms with Gasteiger partial charge in [-0.05, 0) is 29.2 Å². The van der Waals surface area contributed by atoms with Gasteiger partial charge in [-0.2, -0.15) is 13.2 Å². The van der Waals surface area contributed by atoms with Gasteiger partial charge in [0.2, 0.25) is 0 Å². The van der Waals surface area contributed by atoms with Crippen LogP contribution in [0.5, 0.6) is 0 Å². The van der Waals surface area contributed by atoms with Crippen molar-refractivity contribution in [2.75, 3.05) is 6.61 Å². The summed E-state index contributed by atoms with van der Waals surface area (Å²) in [4.78, 5) is 11.9. The maximum atomic E-state index is 12.5. The molecule has 2 unspecified atom stereocenters. The molecule has 1 aliphatic rings. The molecule has 0 radical (unpaired) electrons. The third-order valence-corrected chi connectivity index (χ3v) is 4.50. The summed E-state index contributed by atoms with van der Waals surface area (Å²) in [6.07, 6.45) is -8.46. The van der Waals surface area contributed by atoms with Crippen LogP contribution in [-0.2, 0) is 4.74 Å². The Morgan fingerprint density at radius 1 is 1.12 bits per heavy atom. The molecule has 138 valence electrons. The number of aliphatic hydroxyl groups is 1. The van der Waals surface area contributed by atoms with Gasteiger partial charge in [0.1, 0.15) is 6.61 Å². The molecule has 4 nitrogen and oxygen atoms in total. The molecule has 1 aliphatic carbocycles. The van der Waals surface area contributed by atoms with Crippen molar-refractivity contribution in [2.45, 2.75) is 31.2 Å². The molecule has 1 amide bonds. The molecular weight excluding hydrogens is 347 g/mol. The molecule has 26 heavy (non-hydrogen) atoms. The number of alkyl halides is 3. The van der Waals surface area contributed by atoms with Crippen LogP contribution in [0.15, 0.2) is 48.5 Å². The number of carbonyl (C=O) groups is 1. The Kier molecular flexibility index (Phi) is 4.91. The number of fused-ring (bicyclic) bond motifs is 3. The lowest BCUT2D eigenvalue weighted by Crippen LogP contribution is -2.48. The van der Waals surface area contributed by atoms with Gasteiger partial charge in [-0.25, -0.2) is 4.79 Å². The van der Waals surface area contributed by atoms with Gasteiger partial charge in [0.15, 0.2) is 6.10 Å². The molecule has 0 bridgehead atoms. The lowest BCUT2D eigenvalue weighted by Gasteiger charge is -2.22. The maximum Gasteiger partial charge on any atom is 0.416 e. The third kappa shape index (κ3) is 3.53. The van der Waals surface area contributed by atoms with Crippen LogP contribution < -0.4 is 5.32 Å². The smallest absolute Gasteiger partial charge is 0.416 e. The fraction of sp³-hybridized carbons (Fsp3) is 0.316. The Balaban J connectivity index is 1.68. The van der Waals surface area contributed by atoms with Gasteiger partial charge in [0, 0.05) is 5.92 Å². The van der Waals surface area contributed by atoms with Crippen LogP contribution in [0.4, 0.5) is 18.0 Å². The third-order valence-electron chi connectivity index (χ3n) is 4.50. The highest BCUT2D eigenvalue weighted by Crippen LogP contribution is 2.44. The van der Waals surface area contributed by atoms with E-state index in [-0.39, 0.29) is 12.5 Å². The quantitative estimate of drug-likeness (QED) is 0.866. The first-order chi connectivity index (χ1) is 12.3. The molecular formula is C19H18F3NO3. The van der Waals surface area contributed by atoms with E-state index < -0.39 is 24.4 Å². The second-order valence-electron chi connectivity index (χ2n) is 6.25. The number of carbonyl (C=O) groups excluding carboxylic acids is 1. The number of halogens is 3. The van der Waals surface area contributed by atoms with E-state index in [0.29, 0.717) is 0 Å². The molecule has 2 aromatic carbocycles. The van der Waals surface area contributed by atoms with Gasteiger partial charge in [-0.3, -0.25) is 0 Å². The fourth-order valence-corrected chi connectivity index (χ4v) is 3.19. The van der Waals surface area contributed by atoms with E-state index in [4.69, 9.17) is 9.84 Å². The highest BCUT2D eigenvalue weighted by Gasteiger charge is 2.42. The van der Waals surface area contributed by atoms with E-state index in [9.17, 15) is 18.0 Å². The van der Waals surface area contributed by atoms with Gasteiger partial charge >= 0.3 is 12.3 Å². The molecule has 2 N–H and O–H groups in total. The lowest BCUT2D eigenvalue weighted by atomic mass is 9.98. The van der Waals surface area contributed by atoms with Crippen molar-refractivity contribution in [2.24, 2.45) is 0 Å². The summed E-state index contributed by atoms with van der Waals surface area (Å²) >= 11 is 0. The maximum absolute atomic E-state index is 12.5. The van der Waals surface area contributed by atoms with Crippen molar-refractivity contribution in [3.8, 4) is 11.1 Å². The Bertz CT molecular complexity index is 761. The van der Waals surface area contributed by atoms with Crippen LogP contribution in [0.1, 0.15) is 24.0 Å². The molecule has 0 aromatic heterocycles. The fourth-order valence-electron chi connectivity index (χ4n) is 3.19. The number of rotatable bonds is 4. The zero-order valence-corrected chi connectivity index (χ0v) is 14.0. The van der Waals surface area contributed by atoms with Gasteiger partial charge in [0.05, 0.1) is 6.04 Å². The molecule has 0 spiro atoms. The zero-order valence-electron chi connectivity index (χ0n) is 14.0. The lowest BCUT2D eigenvalue weighted by molar-refractivity contribution is -0.210. The number of nitrogens with one attached hydrogen (secondary N) is 1. The van der Waals surface area contributed by atoms with E-state index >= 15 is 0 Å². The van der Waals surface area contributed by atoms with Crippen LogP contribution in [0, 0.1) is 0 Å². The summed E-state index contributed by atoms with van der Waals surface area (Å²) in [7, 11) is 0. The second kappa shape index (κ2) is 6.99. The topological polar surface area (TPSA) is 58.6 Å². The van der Waals surface area contributed by atoms with E-state index in [1.54, 1.807) is 0 Å². The highest BCUT2D eigenvalue weighted by molar-refractivity contribution is 5.79. The average molecular weight is 365 g/mol. The van der Waals surface area contributed by atoms with Crippen LogP contribution >= 0.6 is 0 Å². The summed E-state index contributed by atoms with van der Waals surface area (Å²) in [5.41, 5.74) is 4.12. The van der Waals surface area contributed by atoms with Crippen molar-refractivity contribution in [3.05, 3.63) is 59.7 Å². The summed E-state index contributed by atoms with van der Waals surface area (Å²) in [5, 5.41) is 11.2. The Hall–Kier alpha value is -2.54. The predicted octanol–water partition coefficient (Wildman–Crippen LogP) is 3.84. The minimum absolute atomic E-state index is 0.00526. The number of hydrogen-bond donors (Lipinski definition) is 2. The Morgan fingerprint density at radius 2 is 1.62 bits per heavy atom. The van der Waals surface area contributed by atoms with E-state index in [1.807, 2.05) is 53.8 Å². The summed E-state index contributed by atoms with van der Waals surface area (Å²) in [6.45, 7) is 1.06. The number of amides is 1. The second-order valence-corrected chi connectivity index (χ2v) is 6.25. The van der Waals surface area contributed by atoms with Gasteiger partial charge in [0.25, 0.3) is 0 Å². The van der Waals surface area contributed by atoms with E-state index in [1.165, 1.54) is 0 Å². The SMILES string of the molecule is CC(NC(=O)OCC1c2ccccc2-c2ccccc21)C(O)C(F)(F)F.